The van der Waals surface area contributed by atoms with Crippen LogP contribution in [-0.4, -0.2) is 126 Å². The Morgan fingerprint density at radius 2 is 1.21 bits per heavy atom. The van der Waals surface area contributed by atoms with Crippen LogP contribution in [-0.2, 0) is 4.74 Å². The van der Waals surface area contributed by atoms with Crippen LogP contribution in [0.3, 0.4) is 0 Å². The maximum Gasteiger partial charge on any atom is 0.407 e. The molecule has 1 amide bonds. The van der Waals surface area contributed by atoms with E-state index in [1.165, 1.54) is 11.3 Å². The van der Waals surface area contributed by atoms with Gasteiger partial charge in [-0.2, -0.15) is 0 Å². The largest absolute Gasteiger partial charge is 0.480 e. The van der Waals surface area contributed by atoms with E-state index in [-0.39, 0.29) is 24.1 Å². The monoisotopic (exact) mass is 956 g/mol. The summed E-state index contributed by atoms with van der Waals surface area (Å²) in [5, 5.41) is 35.4. The van der Waals surface area contributed by atoms with Gasteiger partial charge in [0.15, 0.2) is 0 Å². The summed E-state index contributed by atoms with van der Waals surface area (Å²) in [7, 11) is 3.27. The zero-order chi connectivity index (χ0) is 47.5. The summed E-state index contributed by atoms with van der Waals surface area (Å²) in [6, 6.07) is 7.60. The molecule has 4 aliphatic rings. The van der Waals surface area contributed by atoms with Gasteiger partial charge in [0.25, 0.3) is 0 Å². The molecule has 10 rings (SSSR count). The molecule has 2 saturated carbocycles. The van der Waals surface area contributed by atoms with Crippen LogP contribution in [0, 0.1) is 23.7 Å². The maximum absolute atomic E-state index is 12.5. The van der Waals surface area contributed by atoms with Crippen molar-refractivity contribution >= 4 is 49.0 Å². The topological polar surface area (TPSA) is 216 Å². The van der Waals surface area contributed by atoms with Crippen molar-refractivity contribution in [3.05, 3.63) is 48.0 Å². The average molecular weight is 957 g/mol. The Labute approximate surface area is 398 Å². The summed E-state index contributed by atoms with van der Waals surface area (Å²) in [5.74, 6) is 3.07. The highest BCUT2D eigenvalue weighted by Gasteiger charge is 2.46. The molecule has 8 atom stereocenters. The number of aliphatic hydroxyl groups excluding tert-OH is 2. The molecule has 18 nitrogen and oxygen atoms in total. The molecule has 4 fully saturated rings. The number of ether oxygens (including phenoxy) is 3. The Bertz CT molecular complexity index is 2710. The second kappa shape index (κ2) is 18.7. The molecule has 67 heavy (non-hydrogen) atoms. The van der Waals surface area contributed by atoms with E-state index in [0.717, 1.165) is 93.0 Å². The molecule has 6 aromatic rings. The van der Waals surface area contributed by atoms with Crippen LogP contribution >= 0.6 is 22.7 Å². The molecule has 20 heteroatoms. The number of methoxy groups -OCH3 is 2. The summed E-state index contributed by atoms with van der Waals surface area (Å²) in [6.07, 6.45) is 5.54. The summed E-state index contributed by atoms with van der Waals surface area (Å²) in [4.78, 5) is 37.2. The molecule has 2 aliphatic heterocycles. The summed E-state index contributed by atoms with van der Waals surface area (Å²) < 4.78 is 20.4. The lowest BCUT2D eigenvalue weighted by molar-refractivity contribution is 0.0187. The van der Waals surface area contributed by atoms with Gasteiger partial charge in [0.2, 0.25) is 31.9 Å². The highest BCUT2D eigenvalue weighted by atomic mass is 32.1. The maximum atomic E-state index is 12.5. The number of pyridine rings is 2. The fourth-order valence-electron chi connectivity index (χ4n) is 10.2. The van der Waals surface area contributed by atoms with Crippen molar-refractivity contribution in [1.29, 1.82) is 0 Å². The number of aromatic nitrogens is 8. The van der Waals surface area contributed by atoms with Crippen molar-refractivity contribution in [2.24, 2.45) is 29.4 Å². The first-order chi connectivity index (χ1) is 32.0. The van der Waals surface area contributed by atoms with Crippen LogP contribution in [0.25, 0.3) is 32.4 Å². The van der Waals surface area contributed by atoms with Crippen molar-refractivity contribution in [3.8, 4) is 34.3 Å². The van der Waals surface area contributed by atoms with Crippen LogP contribution in [0.4, 0.5) is 15.1 Å². The van der Waals surface area contributed by atoms with E-state index < -0.39 is 17.8 Å². The Balaban J connectivity index is 0.000000171. The van der Waals surface area contributed by atoms with Gasteiger partial charge in [-0.1, -0.05) is 50.4 Å². The van der Waals surface area contributed by atoms with Crippen LogP contribution in [0.1, 0.15) is 97.4 Å². The van der Waals surface area contributed by atoms with E-state index in [9.17, 15) is 15.0 Å². The minimum atomic E-state index is -0.595. The Hall–Kier alpha value is -5.15. The second-order valence-corrected chi connectivity index (χ2v) is 21.9. The molecule has 360 valence electrons. The lowest BCUT2D eigenvalue weighted by atomic mass is 9.76. The van der Waals surface area contributed by atoms with Gasteiger partial charge in [0.1, 0.15) is 5.60 Å². The van der Waals surface area contributed by atoms with Crippen LogP contribution in [0.15, 0.2) is 36.7 Å². The predicted molar refractivity (Wildman–Crippen MR) is 259 cm³/mol. The highest BCUT2D eigenvalue weighted by molar-refractivity contribution is 7.20. The van der Waals surface area contributed by atoms with Gasteiger partial charge in [0, 0.05) is 49.5 Å². The molecule has 2 saturated heterocycles. The lowest BCUT2D eigenvalue weighted by Gasteiger charge is -2.37. The molecule has 0 aromatic carbocycles. The van der Waals surface area contributed by atoms with E-state index in [4.69, 9.17) is 30.1 Å². The van der Waals surface area contributed by atoms with Crippen LogP contribution in [0.2, 0.25) is 0 Å². The number of amides is 1. The SMILES string of the molecule is COc1nc(C(C)C)ccc1-c1cnc2sc(N3C[C@H]4CC[C@H](O)[C@@H](N)[C@H]4C3)nn12.COc1nc(C(C)C)ccc1-c1cnc2sc(N3C[C@H]4CC[C@H](O)[C@@H](NC(=O)OC(C)(C)C)[C@H]4C3)nn12. The van der Waals surface area contributed by atoms with Crippen LogP contribution in [0.5, 0.6) is 11.8 Å². The first-order valence-electron chi connectivity index (χ1n) is 23.4. The quantitative estimate of drug-likeness (QED) is 0.120. The molecule has 2 aliphatic carbocycles. The second-order valence-electron chi connectivity index (χ2n) is 20.0. The number of nitrogens with one attached hydrogen (secondary N) is 1. The number of alkyl carbamates (subject to hydrolysis) is 1. The highest BCUT2D eigenvalue weighted by Crippen LogP contribution is 2.42. The number of anilines is 2. The Morgan fingerprint density at radius 3 is 1.69 bits per heavy atom. The van der Waals surface area contributed by atoms with Crippen molar-refractivity contribution in [2.45, 2.75) is 116 Å². The van der Waals surface area contributed by atoms with Gasteiger partial charge in [0.05, 0.1) is 67.4 Å². The Kier molecular flexibility index (Phi) is 13.1. The molecule has 0 radical (unpaired) electrons. The first kappa shape index (κ1) is 46.9. The van der Waals surface area contributed by atoms with E-state index >= 15 is 0 Å². The number of nitrogens with two attached hydrogens (primary N) is 1. The number of rotatable bonds is 9. The van der Waals surface area contributed by atoms with Crippen molar-refractivity contribution in [3.63, 3.8) is 0 Å². The Morgan fingerprint density at radius 1 is 0.731 bits per heavy atom. The summed E-state index contributed by atoms with van der Waals surface area (Å²) >= 11 is 3.11. The molecular weight excluding hydrogens is 893 g/mol. The standard InChI is InChI=1S/C26H36N6O4S.C21H28N6O2S/c1-14(2)18-9-8-16(22(28-18)35-6)19-11-27-23-32(19)30-24(37-23)31-12-15-7-10-20(33)21(17(15)13-31)29-25(34)36-26(3,4)5;1-11(2)15-6-5-13(19(24-15)29-3)16-8-23-20-27(16)25-21(30-20)26-9-12-4-7-17(28)18(22)14(12)10-26/h8-9,11,14-15,17,20-21,33H,7,10,12-13H2,1-6H3,(H,29,34);5-6,8,11-12,14,17-18,28H,4,7,9-10,22H2,1-3H3/t15-,17+,20+,21+;12-,14+,17+,18+/m11/s1. The molecule has 8 heterocycles. The third-order valence-electron chi connectivity index (χ3n) is 13.7. The number of hydrogen-bond acceptors (Lipinski definition) is 17. The number of hydrogen-bond donors (Lipinski definition) is 4. The van der Waals surface area contributed by atoms with Gasteiger partial charge in [-0.05, 0) is 100 Å². The van der Waals surface area contributed by atoms with Crippen molar-refractivity contribution < 1.29 is 29.2 Å². The third kappa shape index (κ3) is 9.39. The summed E-state index contributed by atoms with van der Waals surface area (Å²) in [5.41, 5.74) is 11.1. The van der Waals surface area contributed by atoms with E-state index in [0.29, 0.717) is 54.3 Å². The molecule has 0 spiro atoms. The van der Waals surface area contributed by atoms with Crippen molar-refractivity contribution in [2.75, 3.05) is 50.2 Å². The van der Waals surface area contributed by atoms with Gasteiger partial charge in [-0.3, -0.25) is 0 Å². The fraction of sp³-hybridized carbons (Fsp3) is 0.596. The minimum Gasteiger partial charge on any atom is -0.480 e. The number of fused-ring (bicyclic) bond motifs is 4. The number of imidazole rings is 2. The average Bonchev–Trinajstić information content (AvgIpc) is 4.15. The normalized spacial score (nSPS) is 25.1. The van der Waals surface area contributed by atoms with E-state index in [1.54, 1.807) is 31.8 Å². The van der Waals surface area contributed by atoms with Gasteiger partial charge < -0.3 is 45.3 Å². The van der Waals surface area contributed by atoms with Gasteiger partial charge in [-0.15, -0.1) is 10.2 Å². The first-order valence-corrected chi connectivity index (χ1v) is 25.0. The van der Waals surface area contributed by atoms with Gasteiger partial charge in [-0.25, -0.2) is 33.8 Å². The number of nitrogens with zero attached hydrogens (tertiary/aromatic N) is 10. The molecule has 0 unspecified atom stereocenters. The van der Waals surface area contributed by atoms with E-state index in [2.05, 4.69) is 62.7 Å². The molecular formula is C47H64N12O6S2. The number of carbonyl (C=O) groups is 1. The fourth-order valence-corrected chi connectivity index (χ4v) is 11.9. The number of carbonyl (C=O) groups excluding carboxylic acids is 1. The zero-order valence-corrected chi connectivity index (χ0v) is 41.4. The molecule has 5 N–H and O–H groups in total. The number of aliphatic hydroxyl groups is 2. The lowest BCUT2D eigenvalue weighted by Crippen LogP contribution is -2.54. The van der Waals surface area contributed by atoms with Gasteiger partial charge >= 0.3 is 6.09 Å². The van der Waals surface area contributed by atoms with Crippen LogP contribution < -0.4 is 30.3 Å². The molecule has 6 aromatic heterocycles. The molecule has 0 bridgehead atoms. The third-order valence-corrected chi connectivity index (χ3v) is 15.7. The minimum absolute atomic E-state index is 0.111. The van der Waals surface area contributed by atoms with Crippen molar-refractivity contribution in [1.82, 2.24) is 44.5 Å². The predicted octanol–water partition coefficient (Wildman–Crippen LogP) is 6.60. The summed E-state index contributed by atoms with van der Waals surface area (Å²) in [6.45, 7) is 17.2. The smallest absolute Gasteiger partial charge is 0.407 e. The zero-order valence-electron chi connectivity index (χ0n) is 39.8. The van der Waals surface area contributed by atoms with E-state index in [1.807, 2.05) is 60.3 Å².